The van der Waals surface area contributed by atoms with Crippen LogP contribution in [-0.2, 0) is 9.47 Å². The van der Waals surface area contributed by atoms with Crippen molar-refractivity contribution in [2.24, 2.45) is 0 Å². The van der Waals surface area contributed by atoms with Gasteiger partial charge in [-0.15, -0.1) is 0 Å². The normalized spacial score (nSPS) is 23.3. The number of ether oxygens (including phenoxy) is 3. The second-order valence-electron chi connectivity index (χ2n) is 4.34. The molecule has 0 unspecified atom stereocenters. The zero-order chi connectivity index (χ0) is 12.3. The highest BCUT2D eigenvalue weighted by Crippen LogP contribution is 2.22. The quantitative estimate of drug-likeness (QED) is 0.847. The van der Waals surface area contributed by atoms with Crippen molar-refractivity contribution in [3.63, 3.8) is 0 Å². The van der Waals surface area contributed by atoms with E-state index in [1.54, 1.807) is 12.3 Å². The first kappa shape index (κ1) is 12.1. The fourth-order valence-electron chi connectivity index (χ4n) is 1.66. The molecule has 0 radical (unpaired) electrons. The van der Waals surface area contributed by atoms with Crippen molar-refractivity contribution in [1.29, 1.82) is 0 Å². The molecule has 17 heavy (non-hydrogen) atoms. The lowest BCUT2D eigenvalue weighted by Crippen LogP contribution is -2.42. The van der Waals surface area contributed by atoms with Crippen LogP contribution >= 0.6 is 0 Å². The maximum Gasteiger partial charge on any atom is 0.223 e. The van der Waals surface area contributed by atoms with Gasteiger partial charge >= 0.3 is 0 Å². The van der Waals surface area contributed by atoms with Crippen molar-refractivity contribution in [2.45, 2.75) is 32.2 Å². The minimum Gasteiger partial charge on any atom is -0.475 e. The number of nitrogens with zero attached hydrogens (tertiary/aromatic N) is 2. The lowest BCUT2D eigenvalue weighted by molar-refractivity contribution is -0.276. The summed E-state index contributed by atoms with van der Waals surface area (Å²) >= 11 is 0. The summed E-state index contributed by atoms with van der Waals surface area (Å²) in [6, 6.07) is 1.67. The van der Waals surface area contributed by atoms with Crippen LogP contribution in [0.3, 0.4) is 0 Å². The molecule has 1 atom stereocenters. The summed E-state index contributed by atoms with van der Waals surface area (Å²) < 4.78 is 16.7. The van der Waals surface area contributed by atoms with Crippen LogP contribution in [0.25, 0.3) is 0 Å². The largest absolute Gasteiger partial charge is 0.475 e. The molecule has 1 fully saturated rings. The average Bonchev–Trinajstić information content (AvgIpc) is 2.25. The number of hydrogen-bond donors (Lipinski definition) is 1. The van der Waals surface area contributed by atoms with Gasteiger partial charge in [-0.3, -0.25) is 0 Å². The van der Waals surface area contributed by atoms with Crippen molar-refractivity contribution in [1.82, 2.24) is 9.97 Å². The van der Waals surface area contributed by atoms with E-state index in [2.05, 4.69) is 9.97 Å². The molecule has 94 valence electrons. The molecule has 0 bridgehead atoms. The summed E-state index contributed by atoms with van der Waals surface area (Å²) in [5.41, 5.74) is 5.46. The van der Waals surface area contributed by atoms with Crippen molar-refractivity contribution in [2.75, 3.05) is 18.9 Å². The molecule has 1 aliphatic heterocycles. The Hall–Kier alpha value is -1.40. The molecule has 1 aromatic heterocycles. The zero-order valence-electron chi connectivity index (χ0n) is 10.0. The van der Waals surface area contributed by atoms with Gasteiger partial charge in [0, 0.05) is 18.7 Å². The first-order valence-electron chi connectivity index (χ1n) is 5.58. The van der Waals surface area contributed by atoms with E-state index in [-0.39, 0.29) is 12.1 Å². The minimum absolute atomic E-state index is 0.00920. The van der Waals surface area contributed by atoms with Crippen LogP contribution in [0.2, 0.25) is 0 Å². The lowest BCUT2D eigenvalue weighted by atomic mass is 10.2. The van der Waals surface area contributed by atoms with Gasteiger partial charge in [0.1, 0.15) is 6.61 Å². The maximum absolute atomic E-state index is 5.70. The Bertz CT molecular complexity index is 384. The Kier molecular flexibility index (Phi) is 3.44. The molecular formula is C11H17N3O3. The monoisotopic (exact) mass is 239 g/mol. The zero-order valence-corrected chi connectivity index (χ0v) is 10.0. The molecule has 1 saturated heterocycles. The highest BCUT2D eigenvalue weighted by atomic mass is 16.7. The van der Waals surface area contributed by atoms with E-state index in [4.69, 9.17) is 19.9 Å². The van der Waals surface area contributed by atoms with E-state index in [0.29, 0.717) is 19.1 Å². The third-order valence-corrected chi connectivity index (χ3v) is 2.41. The van der Waals surface area contributed by atoms with Gasteiger partial charge < -0.3 is 19.9 Å². The average molecular weight is 239 g/mol. The highest BCUT2D eigenvalue weighted by molar-refractivity contribution is 5.20. The summed E-state index contributed by atoms with van der Waals surface area (Å²) in [4.78, 5) is 7.74. The minimum atomic E-state index is -0.545. The third kappa shape index (κ3) is 3.54. The number of anilines is 1. The molecule has 0 saturated carbocycles. The summed E-state index contributed by atoms with van der Waals surface area (Å²) in [6.07, 6.45) is 2.38. The van der Waals surface area contributed by atoms with Gasteiger partial charge in [-0.25, -0.2) is 4.98 Å². The molecule has 0 aromatic carbocycles. The van der Waals surface area contributed by atoms with Crippen molar-refractivity contribution < 1.29 is 14.2 Å². The number of nitrogen functional groups attached to an aromatic ring is 1. The van der Waals surface area contributed by atoms with Crippen molar-refractivity contribution in [3.05, 3.63) is 12.3 Å². The lowest BCUT2D eigenvalue weighted by Gasteiger charge is -2.35. The second-order valence-corrected chi connectivity index (χ2v) is 4.34. The number of rotatable bonds is 3. The molecule has 2 rings (SSSR count). The van der Waals surface area contributed by atoms with Gasteiger partial charge in [0.05, 0.1) is 12.7 Å². The van der Waals surface area contributed by atoms with Gasteiger partial charge in [-0.1, -0.05) is 0 Å². The molecule has 0 spiro atoms. The summed E-state index contributed by atoms with van der Waals surface area (Å²) in [6.45, 7) is 4.89. The van der Waals surface area contributed by atoms with E-state index in [1.165, 1.54) is 0 Å². The Labute approximate surface area is 100 Å². The van der Waals surface area contributed by atoms with Crippen LogP contribution in [0.4, 0.5) is 5.95 Å². The predicted molar refractivity (Wildman–Crippen MR) is 61.5 cm³/mol. The van der Waals surface area contributed by atoms with E-state index in [0.717, 1.165) is 6.42 Å². The summed E-state index contributed by atoms with van der Waals surface area (Å²) in [5.74, 6) is 0.123. The number of aromatic nitrogens is 2. The third-order valence-electron chi connectivity index (χ3n) is 2.41. The summed E-state index contributed by atoms with van der Waals surface area (Å²) in [7, 11) is 0. The first-order chi connectivity index (χ1) is 8.05. The fraction of sp³-hybridized carbons (Fsp3) is 0.636. The summed E-state index contributed by atoms with van der Waals surface area (Å²) in [5, 5.41) is 0. The predicted octanol–water partition coefficient (Wildman–Crippen LogP) is 0.979. The molecule has 0 aliphatic carbocycles. The van der Waals surface area contributed by atoms with Gasteiger partial charge in [0.25, 0.3) is 0 Å². The van der Waals surface area contributed by atoms with E-state index >= 15 is 0 Å². The van der Waals surface area contributed by atoms with Crippen molar-refractivity contribution >= 4 is 5.95 Å². The van der Waals surface area contributed by atoms with Crippen LogP contribution < -0.4 is 10.5 Å². The Morgan fingerprint density at radius 3 is 3.12 bits per heavy atom. The van der Waals surface area contributed by atoms with Crippen LogP contribution in [0.5, 0.6) is 5.88 Å². The topological polar surface area (TPSA) is 79.5 Å². The Balaban J connectivity index is 1.86. The SMILES string of the molecule is CC1(C)OCC[C@H](COc2ccnc(N)n2)O1. The van der Waals surface area contributed by atoms with E-state index in [1.807, 2.05) is 13.8 Å². The van der Waals surface area contributed by atoms with Crippen molar-refractivity contribution in [3.8, 4) is 5.88 Å². The van der Waals surface area contributed by atoms with Gasteiger partial charge in [0.2, 0.25) is 11.8 Å². The standard InChI is InChI=1S/C11H17N3O3/c1-11(2)16-6-4-8(17-11)7-15-9-3-5-13-10(12)14-9/h3,5,8H,4,6-7H2,1-2H3,(H2,12,13,14)/t8-/m1/s1. The van der Waals surface area contributed by atoms with E-state index in [9.17, 15) is 0 Å². The van der Waals surface area contributed by atoms with Crippen LogP contribution in [0.15, 0.2) is 12.3 Å². The first-order valence-corrected chi connectivity index (χ1v) is 5.58. The number of hydrogen-bond acceptors (Lipinski definition) is 6. The number of nitrogens with two attached hydrogens (primary N) is 1. The van der Waals surface area contributed by atoms with Gasteiger partial charge in [-0.2, -0.15) is 4.98 Å². The molecule has 0 amide bonds. The Morgan fingerprint density at radius 2 is 2.41 bits per heavy atom. The molecule has 1 aliphatic rings. The van der Waals surface area contributed by atoms with Crippen LogP contribution in [0, 0.1) is 0 Å². The molecule has 6 nitrogen and oxygen atoms in total. The van der Waals surface area contributed by atoms with E-state index < -0.39 is 5.79 Å². The fourth-order valence-corrected chi connectivity index (χ4v) is 1.66. The molecule has 1 aromatic rings. The van der Waals surface area contributed by atoms with Crippen LogP contribution in [-0.4, -0.2) is 35.1 Å². The Morgan fingerprint density at radius 1 is 1.59 bits per heavy atom. The highest BCUT2D eigenvalue weighted by Gasteiger charge is 2.29. The smallest absolute Gasteiger partial charge is 0.223 e. The second kappa shape index (κ2) is 4.85. The molecule has 2 heterocycles. The van der Waals surface area contributed by atoms with Gasteiger partial charge in [-0.05, 0) is 13.8 Å². The van der Waals surface area contributed by atoms with Gasteiger partial charge in [0.15, 0.2) is 5.79 Å². The molecule has 2 N–H and O–H groups in total. The van der Waals surface area contributed by atoms with Crippen LogP contribution in [0.1, 0.15) is 20.3 Å². The maximum atomic E-state index is 5.70. The molecular weight excluding hydrogens is 222 g/mol. The molecule has 6 heteroatoms.